The summed E-state index contributed by atoms with van der Waals surface area (Å²) in [6.45, 7) is 13.3. The van der Waals surface area contributed by atoms with Gasteiger partial charge >= 0.3 is 0 Å². The van der Waals surface area contributed by atoms with Gasteiger partial charge in [-0.3, -0.25) is 4.90 Å². The van der Waals surface area contributed by atoms with Crippen molar-refractivity contribution in [2.24, 2.45) is 11.7 Å². The minimum absolute atomic E-state index is 0.0457. The van der Waals surface area contributed by atoms with Crippen LogP contribution >= 0.6 is 0 Å². The largest absolute Gasteiger partial charge is 0.324 e. The van der Waals surface area contributed by atoms with Crippen LogP contribution in [0.2, 0.25) is 0 Å². The molecule has 0 heterocycles. The van der Waals surface area contributed by atoms with Gasteiger partial charge in [0.25, 0.3) is 0 Å². The highest BCUT2D eigenvalue weighted by atomic mass is 15.2. The summed E-state index contributed by atoms with van der Waals surface area (Å²) in [6, 6.07) is 0. The normalized spacial score (nSPS) is 15.9. The van der Waals surface area contributed by atoms with E-state index in [2.05, 4.69) is 51.6 Å². The van der Waals surface area contributed by atoms with Gasteiger partial charge in [-0.15, -0.1) is 0 Å². The van der Waals surface area contributed by atoms with Crippen molar-refractivity contribution in [1.29, 1.82) is 0 Å². The van der Waals surface area contributed by atoms with Crippen LogP contribution in [0.4, 0.5) is 0 Å². The van der Waals surface area contributed by atoms with E-state index in [4.69, 9.17) is 5.73 Å². The Kier molecular flexibility index (Phi) is 8.01. The number of rotatable bonds is 9. The summed E-state index contributed by atoms with van der Waals surface area (Å²) in [4.78, 5) is 4.75. The minimum atomic E-state index is -0.0457. The first-order chi connectivity index (χ1) is 7.76. The summed E-state index contributed by atoms with van der Waals surface area (Å²) in [5.41, 5.74) is 6.31. The molecule has 17 heavy (non-hydrogen) atoms. The molecule has 0 aromatic heterocycles. The molecule has 0 rings (SSSR count). The Morgan fingerprint density at radius 1 is 1.18 bits per heavy atom. The zero-order chi connectivity index (χ0) is 13.5. The summed E-state index contributed by atoms with van der Waals surface area (Å²) < 4.78 is 0. The van der Waals surface area contributed by atoms with E-state index in [0.717, 1.165) is 39.0 Å². The van der Waals surface area contributed by atoms with E-state index in [9.17, 15) is 0 Å². The van der Waals surface area contributed by atoms with Gasteiger partial charge in [0.2, 0.25) is 0 Å². The number of likely N-dealkylation sites (N-methyl/N-ethyl adjacent to an activating group) is 1. The second-order valence-electron chi connectivity index (χ2n) is 6.34. The lowest BCUT2D eigenvalue weighted by atomic mass is 9.96. The molecule has 0 aliphatic heterocycles. The van der Waals surface area contributed by atoms with Crippen molar-refractivity contribution in [2.45, 2.75) is 46.1 Å². The molecule has 0 aliphatic carbocycles. The van der Waals surface area contributed by atoms with E-state index < -0.39 is 0 Å². The highest BCUT2D eigenvalue weighted by Crippen LogP contribution is 2.12. The molecule has 0 saturated carbocycles. The van der Waals surface area contributed by atoms with E-state index in [1.54, 1.807) is 0 Å². The van der Waals surface area contributed by atoms with Gasteiger partial charge in [0.1, 0.15) is 0 Å². The molecule has 2 N–H and O–H groups in total. The molecule has 0 bridgehead atoms. The van der Waals surface area contributed by atoms with Crippen LogP contribution in [0, 0.1) is 5.92 Å². The Balaban J connectivity index is 4.26. The van der Waals surface area contributed by atoms with E-state index in [1.807, 2.05) is 0 Å². The third kappa shape index (κ3) is 9.57. The lowest BCUT2D eigenvalue weighted by Gasteiger charge is -2.34. The molecule has 104 valence electrons. The second kappa shape index (κ2) is 8.06. The summed E-state index contributed by atoms with van der Waals surface area (Å²) in [5.74, 6) is 0.703. The van der Waals surface area contributed by atoms with Crippen LogP contribution in [0.25, 0.3) is 0 Å². The van der Waals surface area contributed by atoms with Crippen molar-refractivity contribution in [1.82, 2.24) is 9.80 Å². The predicted molar refractivity (Wildman–Crippen MR) is 77.3 cm³/mol. The van der Waals surface area contributed by atoms with Crippen LogP contribution in [0.15, 0.2) is 0 Å². The smallest absolute Gasteiger partial charge is 0.0254 e. The van der Waals surface area contributed by atoms with Gasteiger partial charge in [0.15, 0.2) is 0 Å². The fraction of sp³-hybridized carbons (Fsp3) is 1.00. The highest BCUT2D eigenvalue weighted by molar-refractivity contribution is 4.82. The lowest BCUT2D eigenvalue weighted by molar-refractivity contribution is 0.175. The number of hydrogen-bond acceptors (Lipinski definition) is 3. The average molecular weight is 243 g/mol. The summed E-state index contributed by atoms with van der Waals surface area (Å²) in [6.07, 6.45) is 2.26. The van der Waals surface area contributed by atoms with Gasteiger partial charge in [0.05, 0.1) is 0 Å². The topological polar surface area (TPSA) is 32.5 Å². The SMILES string of the molecule is CCCC(C)(N)CN(CCN(C)C)CC(C)C. The van der Waals surface area contributed by atoms with Crippen molar-refractivity contribution < 1.29 is 0 Å². The first-order valence-corrected chi connectivity index (χ1v) is 6.93. The van der Waals surface area contributed by atoms with Crippen LogP contribution in [-0.2, 0) is 0 Å². The van der Waals surface area contributed by atoms with E-state index in [-0.39, 0.29) is 5.54 Å². The van der Waals surface area contributed by atoms with Crippen molar-refractivity contribution >= 4 is 0 Å². The molecule has 1 unspecified atom stereocenters. The molecule has 0 radical (unpaired) electrons. The van der Waals surface area contributed by atoms with Crippen LogP contribution in [-0.4, -0.2) is 55.6 Å². The first-order valence-electron chi connectivity index (χ1n) is 6.93. The Bertz CT molecular complexity index is 188. The number of hydrogen-bond donors (Lipinski definition) is 1. The third-order valence-corrected chi connectivity index (χ3v) is 2.89. The molecule has 0 saturated heterocycles. The van der Waals surface area contributed by atoms with Gasteiger partial charge in [-0.25, -0.2) is 0 Å². The standard InChI is InChI=1S/C14H33N3/c1-7-8-14(4,15)12-17(11-13(2)3)10-9-16(5)6/h13H,7-12,15H2,1-6H3. The number of nitrogens with two attached hydrogens (primary N) is 1. The van der Waals surface area contributed by atoms with E-state index >= 15 is 0 Å². The summed E-state index contributed by atoms with van der Waals surface area (Å²) in [7, 11) is 4.25. The molecular weight excluding hydrogens is 210 g/mol. The van der Waals surface area contributed by atoms with Crippen LogP contribution < -0.4 is 5.73 Å². The fourth-order valence-corrected chi connectivity index (χ4v) is 2.25. The summed E-state index contributed by atoms with van der Waals surface area (Å²) in [5, 5.41) is 0. The van der Waals surface area contributed by atoms with E-state index in [1.165, 1.54) is 0 Å². The molecule has 0 aromatic rings. The van der Waals surface area contributed by atoms with Crippen LogP contribution in [0.5, 0.6) is 0 Å². The Hall–Kier alpha value is -0.120. The average Bonchev–Trinajstić information content (AvgIpc) is 2.12. The first kappa shape index (κ1) is 16.9. The summed E-state index contributed by atoms with van der Waals surface area (Å²) >= 11 is 0. The molecule has 3 nitrogen and oxygen atoms in total. The Morgan fingerprint density at radius 2 is 1.76 bits per heavy atom. The molecule has 0 aliphatic rings. The Morgan fingerprint density at radius 3 is 2.18 bits per heavy atom. The molecule has 0 aromatic carbocycles. The zero-order valence-corrected chi connectivity index (χ0v) is 12.8. The maximum atomic E-state index is 6.35. The molecule has 0 amide bonds. The number of nitrogens with zero attached hydrogens (tertiary/aromatic N) is 2. The van der Waals surface area contributed by atoms with Crippen molar-refractivity contribution in [3.63, 3.8) is 0 Å². The lowest BCUT2D eigenvalue weighted by Crippen LogP contribution is -2.50. The predicted octanol–water partition coefficient (Wildman–Crippen LogP) is 2.02. The quantitative estimate of drug-likeness (QED) is 0.672. The zero-order valence-electron chi connectivity index (χ0n) is 12.8. The molecule has 1 atom stereocenters. The van der Waals surface area contributed by atoms with Crippen LogP contribution in [0.3, 0.4) is 0 Å². The van der Waals surface area contributed by atoms with Gasteiger partial charge in [-0.1, -0.05) is 27.2 Å². The van der Waals surface area contributed by atoms with Crippen molar-refractivity contribution in [3.8, 4) is 0 Å². The van der Waals surface area contributed by atoms with Gasteiger partial charge in [-0.05, 0) is 33.4 Å². The van der Waals surface area contributed by atoms with Gasteiger partial charge < -0.3 is 10.6 Å². The van der Waals surface area contributed by atoms with Gasteiger partial charge in [0, 0.05) is 31.7 Å². The molecule has 0 fully saturated rings. The molecular formula is C14H33N3. The maximum absolute atomic E-state index is 6.35. The minimum Gasteiger partial charge on any atom is -0.324 e. The fourth-order valence-electron chi connectivity index (χ4n) is 2.25. The van der Waals surface area contributed by atoms with Gasteiger partial charge in [-0.2, -0.15) is 0 Å². The third-order valence-electron chi connectivity index (χ3n) is 2.89. The highest BCUT2D eigenvalue weighted by Gasteiger charge is 2.21. The maximum Gasteiger partial charge on any atom is 0.0254 e. The van der Waals surface area contributed by atoms with E-state index in [0.29, 0.717) is 5.92 Å². The molecule has 0 spiro atoms. The monoisotopic (exact) mass is 243 g/mol. The second-order valence-corrected chi connectivity index (χ2v) is 6.34. The molecule has 3 heteroatoms. The Labute approximate surface area is 108 Å². The van der Waals surface area contributed by atoms with Crippen molar-refractivity contribution in [2.75, 3.05) is 40.3 Å². The van der Waals surface area contributed by atoms with Crippen molar-refractivity contribution in [3.05, 3.63) is 0 Å². The van der Waals surface area contributed by atoms with Crippen LogP contribution in [0.1, 0.15) is 40.5 Å².